The van der Waals surface area contributed by atoms with Crippen LogP contribution in [0.15, 0.2) is 48.8 Å². The average molecular weight is 758 g/mol. The Morgan fingerprint density at radius 1 is 0.927 bits per heavy atom. The molecular formula is C38H38F3N9O5. The van der Waals surface area contributed by atoms with E-state index in [1.807, 2.05) is 6.07 Å². The summed E-state index contributed by atoms with van der Waals surface area (Å²) in [4.78, 5) is 74.8. The van der Waals surface area contributed by atoms with Gasteiger partial charge in [0.15, 0.2) is 5.69 Å². The molecule has 1 saturated carbocycles. The lowest BCUT2D eigenvalue weighted by Crippen LogP contribution is -2.67. The molecule has 0 radical (unpaired) electrons. The summed E-state index contributed by atoms with van der Waals surface area (Å²) in [5, 5.41) is 9.24. The van der Waals surface area contributed by atoms with Gasteiger partial charge in [-0.3, -0.25) is 43.8 Å². The smallest absolute Gasteiger partial charge is 0.369 e. The number of carbonyl (C=O) groups is 5. The number of imide groups is 2. The Hall–Kier alpha value is -5.76. The maximum atomic E-state index is 13.5. The third-order valence-electron chi connectivity index (χ3n) is 11.7. The number of nitrogens with one attached hydrogen (secondary N) is 2. The van der Waals surface area contributed by atoms with E-state index in [0.29, 0.717) is 17.9 Å². The summed E-state index contributed by atoms with van der Waals surface area (Å²) in [5.41, 5.74) is -0.726. The summed E-state index contributed by atoms with van der Waals surface area (Å²) in [6.07, 6.45) is 0.0418. The molecule has 286 valence electrons. The fourth-order valence-electron chi connectivity index (χ4n) is 8.71. The third-order valence-corrected chi connectivity index (χ3v) is 11.7. The van der Waals surface area contributed by atoms with Gasteiger partial charge in [0.1, 0.15) is 11.6 Å². The van der Waals surface area contributed by atoms with Gasteiger partial charge in [-0.15, -0.1) is 0 Å². The second kappa shape index (κ2) is 13.2. The highest BCUT2D eigenvalue weighted by Crippen LogP contribution is 2.45. The van der Waals surface area contributed by atoms with Crippen molar-refractivity contribution < 1.29 is 37.1 Å². The molecule has 3 atom stereocenters. The maximum Gasteiger partial charge on any atom is 0.407 e. The number of piperidine rings is 3. The number of alkyl halides is 3. The molecule has 6 aliphatic rings. The molecule has 55 heavy (non-hydrogen) atoms. The first-order chi connectivity index (χ1) is 26.1. The van der Waals surface area contributed by atoms with Gasteiger partial charge in [-0.25, -0.2) is 4.85 Å². The number of anilines is 3. The second-order valence-electron chi connectivity index (χ2n) is 15.3. The van der Waals surface area contributed by atoms with Gasteiger partial charge in [-0.05, 0) is 68.9 Å². The first-order valence-electron chi connectivity index (χ1n) is 18.2. The van der Waals surface area contributed by atoms with Crippen molar-refractivity contribution in [1.29, 1.82) is 0 Å². The van der Waals surface area contributed by atoms with Crippen LogP contribution in [0.5, 0.6) is 0 Å². The van der Waals surface area contributed by atoms with Crippen LogP contribution >= 0.6 is 0 Å². The Morgan fingerprint density at radius 3 is 2.31 bits per heavy atom. The van der Waals surface area contributed by atoms with Crippen molar-refractivity contribution in [2.24, 2.45) is 11.8 Å². The number of amides is 5. The Morgan fingerprint density at radius 2 is 1.64 bits per heavy atom. The topological polar surface area (TPSA) is 145 Å². The predicted molar refractivity (Wildman–Crippen MR) is 192 cm³/mol. The van der Waals surface area contributed by atoms with Crippen LogP contribution in [0, 0.1) is 18.4 Å². The fraction of sp³-hybridized carbons (Fsp3) is 0.447. The molecule has 3 unspecified atom stereocenters. The number of halogens is 3. The number of rotatable bonds is 7. The summed E-state index contributed by atoms with van der Waals surface area (Å²) in [7, 11) is 0. The van der Waals surface area contributed by atoms with Crippen molar-refractivity contribution in [2.45, 2.75) is 56.9 Å². The molecule has 1 aromatic heterocycles. The van der Waals surface area contributed by atoms with Crippen molar-refractivity contribution in [3.8, 4) is 0 Å². The lowest BCUT2D eigenvalue weighted by Gasteiger charge is -2.59. The maximum absolute atomic E-state index is 13.5. The van der Waals surface area contributed by atoms with Gasteiger partial charge in [0.25, 0.3) is 17.7 Å². The zero-order valence-corrected chi connectivity index (χ0v) is 30.1. The number of benzene rings is 2. The van der Waals surface area contributed by atoms with Gasteiger partial charge in [-0.2, -0.15) is 18.3 Å². The van der Waals surface area contributed by atoms with Gasteiger partial charge in [0.2, 0.25) is 11.8 Å². The third kappa shape index (κ3) is 6.27. The van der Waals surface area contributed by atoms with Crippen molar-refractivity contribution in [3.63, 3.8) is 0 Å². The first kappa shape index (κ1) is 36.2. The van der Waals surface area contributed by atoms with Gasteiger partial charge in [0, 0.05) is 69.3 Å². The van der Waals surface area contributed by atoms with Crippen LogP contribution in [-0.2, 0) is 26.1 Å². The normalized spacial score (nSPS) is 24.3. The van der Waals surface area contributed by atoms with Gasteiger partial charge >= 0.3 is 6.18 Å². The zero-order chi connectivity index (χ0) is 39.0. The van der Waals surface area contributed by atoms with E-state index >= 15 is 0 Å². The average Bonchev–Trinajstić information content (AvgIpc) is 3.75. The monoisotopic (exact) mass is 757 g/mol. The molecule has 5 aliphatic heterocycles. The molecule has 9 rings (SSSR count). The number of hydrogen-bond donors (Lipinski definition) is 2. The highest BCUT2D eigenvalue weighted by molar-refractivity contribution is 6.23. The van der Waals surface area contributed by atoms with Crippen LogP contribution in [0.25, 0.3) is 4.85 Å². The summed E-state index contributed by atoms with van der Waals surface area (Å²) in [5.74, 6) is -1.78. The van der Waals surface area contributed by atoms with Crippen molar-refractivity contribution in [3.05, 3.63) is 76.9 Å². The fourth-order valence-corrected chi connectivity index (χ4v) is 8.71. The van der Waals surface area contributed by atoms with Crippen molar-refractivity contribution >= 4 is 52.3 Å². The minimum Gasteiger partial charge on any atom is -0.369 e. The number of nitrogens with zero attached hydrogens (tertiary/aromatic N) is 7. The summed E-state index contributed by atoms with van der Waals surface area (Å²) < 4.78 is 42.0. The van der Waals surface area contributed by atoms with E-state index in [0.717, 1.165) is 74.1 Å². The molecule has 3 aromatic rings. The molecule has 4 saturated heterocycles. The SMILES string of the molecule is [C-]#[N+]c1ccc(NC(=O)C(C)(C)n2cc(N3CC4CC(C3)C4N3CCN(c4ccc5c(c4)C(=O)N(C4CCC(=O)NC4=O)C5=O)CC3)cn2)cc1C(F)(F)F. The van der Waals surface area contributed by atoms with Crippen LogP contribution in [0.4, 0.5) is 35.9 Å². The van der Waals surface area contributed by atoms with Crippen LogP contribution in [0.2, 0.25) is 0 Å². The Kier molecular flexibility index (Phi) is 8.71. The molecule has 17 heteroatoms. The minimum atomic E-state index is -4.74. The van der Waals surface area contributed by atoms with Gasteiger partial charge < -0.3 is 15.1 Å². The van der Waals surface area contributed by atoms with Gasteiger partial charge in [-0.1, -0.05) is 6.07 Å². The lowest BCUT2D eigenvalue weighted by atomic mass is 9.65. The van der Waals surface area contributed by atoms with E-state index in [-0.39, 0.29) is 29.7 Å². The molecule has 5 amide bonds. The summed E-state index contributed by atoms with van der Waals surface area (Å²) >= 11 is 0. The van der Waals surface area contributed by atoms with Crippen molar-refractivity contribution in [1.82, 2.24) is 24.9 Å². The standard InChI is InChI=1S/C38H38F3N9O5/c1-37(2,36(55)44-23-4-7-29(42-3)28(15-23)38(39,40)41)49-20-25(17-43-49)48-18-21-14-22(19-48)32(21)47-12-10-46(11-13-47)24-5-6-26-27(16-24)35(54)50(34(26)53)30-8-9-31(51)45-33(30)52/h4-7,15-17,20-22,30,32H,8-14,18-19H2,1-2H3,(H,44,55)(H,45,51,52). The van der Waals surface area contributed by atoms with Crippen molar-refractivity contribution in [2.75, 3.05) is 54.4 Å². The van der Waals surface area contributed by atoms with Crippen LogP contribution in [0.1, 0.15) is 59.4 Å². The van der Waals surface area contributed by atoms with E-state index in [1.165, 1.54) is 10.7 Å². The number of carbonyl (C=O) groups excluding carboxylic acids is 5. The van der Waals surface area contributed by atoms with Crippen LogP contribution in [-0.4, -0.2) is 100 Å². The van der Waals surface area contributed by atoms with Gasteiger partial charge in [0.05, 0.1) is 35.1 Å². The number of hydrogen-bond acceptors (Lipinski definition) is 9. The molecule has 2 aromatic carbocycles. The Labute approximate surface area is 314 Å². The van der Waals surface area contributed by atoms with E-state index in [9.17, 15) is 37.1 Å². The molecule has 0 spiro atoms. The van der Waals surface area contributed by atoms with E-state index < -0.39 is 58.5 Å². The predicted octanol–water partition coefficient (Wildman–Crippen LogP) is 3.87. The largest absolute Gasteiger partial charge is 0.407 e. The first-order valence-corrected chi connectivity index (χ1v) is 18.2. The number of fused-ring (bicyclic) bond motifs is 3. The highest BCUT2D eigenvalue weighted by Gasteiger charge is 2.50. The number of aromatic nitrogens is 2. The quantitative estimate of drug-likeness (QED) is 0.271. The van der Waals surface area contributed by atoms with Crippen LogP contribution in [0.3, 0.4) is 0 Å². The highest BCUT2D eigenvalue weighted by atomic mass is 19.4. The molecule has 2 N–H and O–H groups in total. The lowest BCUT2D eigenvalue weighted by molar-refractivity contribution is -0.137. The summed E-state index contributed by atoms with van der Waals surface area (Å²) in [6.45, 7) is 15.1. The zero-order valence-electron chi connectivity index (χ0n) is 30.1. The molecule has 6 heterocycles. The minimum absolute atomic E-state index is 0.0642. The van der Waals surface area contributed by atoms with E-state index in [2.05, 4.69) is 35.3 Å². The summed E-state index contributed by atoms with van der Waals surface area (Å²) in [6, 6.07) is 7.72. The van der Waals surface area contributed by atoms with E-state index in [4.69, 9.17) is 6.57 Å². The molecule has 2 bridgehead atoms. The van der Waals surface area contributed by atoms with Crippen LogP contribution < -0.4 is 20.4 Å². The molecule has 1 aliphatic carbocycles. The molecular weight excluding hydrogens is 719 g/mol. The Bertz CT molecular complexity index is 2160. The number of piperazine rings is 1. The molecule has 14 nitrogen and oxygen atoms in total. The molecule has 5 fully saturated rings. The Balaban J connectivity index is 0.864. The second-order valence-corrected chi connectivity index (χ2v) is 15.3. The van der Waals surface area contributed by atoms with E-state index in [1.54, 1.807) is 38.4 Å².